The number of nitrogens with zero attached hydrogens (tertiary/aromatic N) is 3. The molecule has 7 heteroatoms. The Bertz CT molecular complexity index is 698. The summed E-state index contributed by atoms with van der Waals surface area (Å²) in [6, 6.07) is 5.66. The number of rotatable bonds is 3. The van der Waals surface area contributed by atoms with Gasteiger partial charge in [-0.2, -0.15) is 4.98 Å². The van der Waals surface area contributed by atoms with Crippen molar-refractivity contribution in [3.8, 4) is 0 Å². The zero-order valence-corrected chi connectivity index (χ0v) is 12.6. The molecular weight excluding hydrogens is 301 g/mol. The van der Waals surface area contributed by atoms with E-state index in [4.69, 9.17) is 9.26 Å². The van der Waals surface area contributed by atoms with Gasteiger partial charge in [0, 0.05) is 12.6 Å². The lowest BCUT2D eigenvalue weighted by atomic mass is 10.1. The van der Waals surface area contributed by atoms with E-state index in [0.717, 1.165) is 11.1 Å². The Morgan fingerprint density at radius 3 is 2.87 bits per heavy atom. The lowest BCUT2D eigenvalue weighted by molar-refractivity contribution is -0.135. The van der Waals surface area contributed by atoms with Gasteiger partial charge in [0.15, 0.2) is 5.82 Å². The smallest absolute Gasteiger partial charge is 0.247 e. The fraction of sp³-hybridized carbons (Fsp3) is 0.312. The summed E-state index contributed by atoms with van der Waals surface area (Å²) >= 11 is 0. The molecule has 1 atom stereocenters. The fourth-order valence-corrected chi connectivity index (χ4v) is 2.47. The molecule has 1 aromatic heterocycles. The number of morpholine rings is 1. The fourth-order valence-electron chi connectivity index (χ4n) is 2.47. The summed E-state index contributed by atoms with van der Waals surface area (Å²) in [5, 5.41) is 3.80. The van der Waals surface area contributed by atoms with Gasteiger partial charge < -0.3 is 14.2 Å². The van der Waals surface area contributed by atoms with E-state index in [1.54, 1.807) is 17.0 Å². The maximum Gasteiger partial charge on any atom is 0.247 e. The number of hydrogen-bond acceptors (Lipinski definition) is 5. The molecule has 1 aliphatic rings. The van der Waals surface area contributed by atoms with Crippen LogP contribution in [0.5, 0.6) is 0 Å². The van der Waals surface area contributed by atoms with Gasteiger partial charge in [0.2, 0.25) is 12.3 Å². The molecule has 0 radical (unpaired) electrons. The Kier molecular flexibility index (Phi) is 4.47. The van der Waals surface area contributed by atoms with Crippen LogP contribution in [0.15, 0.2) is 41.3 Å². The molecule has 1 saturated heterocycles. The molecule has 0 N–H and O–H groups in total. The number of carbonyl (C=O) groups is 1. The first-order valence-corrected chi connectivity index (χ1v) is 7.24. The van der Waals surface area contributed by atoms with Crippen LogP contribution < -0.4 is 0 Å². The molecule has 0 spiro atoms. The minimum absolute atomic E-state index is 0.162. The molecule has 3 rings (SSSR count). The molecule has 0 aliphatic carbocycles. The number of benzene rings is 1. The van der Waals surface area contributed by atoms with Gasteiger partial charge >= 0.3 is 0 Å². The highest BCUT2D eigenvalue weighted by Gasteiger charge is 2.30. The van der Waals surface area contributed by atoms with Crippen LogP contribution in [-0.2, 0) is 9.53 Å². The van der Waals surface area contributed by atoms with Crippen molar-refractivity contribution in [2.45, 2.75) is 13.0 Å². The topological polar surface area (TPSA) is 68.5 Å². The lowest BCUT2D eigenvalue weighted by Gasteiger charge is -2.33. The van der Waals surface area contributed by atoms with Crippen molar-refractivity contribution in [1.82, 2.24) is 15.0 Å². The van der Waals surface area contributed by atoms with Crippen LogP contribution in [-0.4, -0.2) is 40.7 Å². The Hall–Kier alpha value is -2.54. The monoisotopic (exact) mass is 317 g/mol. The van der Waals surface area contributed by atoms with Gasteiger partial charge in [-0.1, -0.05) is 17.3 Å². The van der Waals surface area contributed by atoms with Crippen molar-refractivity contribution in [1.29, 1.82) is 0 Å². The normalized spacial score (nSPS) is 19.0. The van der Waals surface area contributed by atoms with Crippen LogP contribution in [0.25, 0.3) is 5.57 Å². The summed E-state index contributed by atoms with van der Waals surface area (Å²) in [7, 11) is 0. The van der Waals surface area contributed by atoms with Crippen molar-refractivity contribution in [3.63, 3.8) is 0 Å². The molecule has 23 heavy (non-hydrogen) atoms. The number of carbonyl (C=O) groups excluding carboxylic acids is 1. The van der Waals surface area contributed by atoms with E-state index >= 15 is 0 Å². The molecule has 1 fully saturated rings. The highest BCUT2D eigenvalue weighted by Crippen LogP contribution is 2.23. The molecule has 0 saturated carbocycles. The largest absolute Gasteiger partial charge is 0.377 e. The molecule has 6 nitrogen and oxygen atoms in total. The average molecular weight is 317 g/mol. The highest BCUT2D eigenvalue weighted by atomic mass is 19.1. The predicted octanol–water partition coefficient (Wildman–Crippen LogP) is 2.21. The van der Waals surface area contributed by atoms with Gasteiger partial charge in [0.25, 0.3) is 0 Å². The number of hydrogen-bond donors (Lipinski definition) is 0. The Labute approximate surface area is 132 Å². The maximum atomic E-state index is 13.0. The van der Waals surface area contributed by atoms with Gasteiger partial charge in [-0.05, 0) is 30.2 Å². The van der Waals surface area contributed by atoms with Crippen LogP contribution in [0.3, 0.4) is 0 Å². The summed E-state index contributed by atoms with van der Waals surface area (Å²) in [6.45, 7) is 3.05. The summed E-state index contributed by atoms with van der Waals surface area (Å²) in [5.74, 6) is -0.0472. The number of halogens is 1. The Balaban J connectivity index is 1.80. The number of allylic oxidation sites excluding steroid dienone is 1. The van der Waals surface area contributed by atoms with Gasteiger partial charge in [-0.3, -0.25) is 4.79 Å². The maximum absolute atomic E-state index is 13.0. The molecule has 1 unspecified atom stereocenters. The van der Waals surface area contributed by atoms with Gasteiger partial charge in [-0.25, -0.2) is 4.39 Å². The second-order valence-electron chi connectivity index (χ2n) is 5.25. The van der Waals surface area contributed by atoms with Crippen molar-refractivity contribution in [2.24, 2.45) is 0 Å². The van der Waals surface area contributed by atoms with E-state index in [1.807, 2.05) is 6.92 Å². The number of aromatic nitrogens is 2. The van der Waals surface area contributed by atoms with Gasteiger partial charge in [-0.15, -0.1) is 0 Å². The zero-order valence-electron chi connectivity index (χ0n) is 12.6. The third-order valence-corrected chi connectivity index (χ3v) is 3.73. The average Bonchev–Trinajstić information content (AvgIpc) is 3.09. The van der Waals surface area contributed by atoms with Crippen LogP contribution in [0.2, 0.25) is 0 Å². The van der Waals surface area contributed by atoms with Crippen LogP contribution in [0.1, 0.15) is 24.4 Å². The first kappa shape index (κ1) is 15.4. The first-order chi connectivity index (χ1) is 11.1. The van der Waals surface area contributed by atoms with E-state index in [9.17, 15) is 9.18 Å². The van der Waals surface area contributed by atoms with Crippen molar-refractivity contribution >= 4 is 11.5 Å². The summed E-state index contributed by atoms with van der Waals surface area (Å²) in [6.07, 6.45) is 2.76. The van der Waals surface area contributed by atoms with E-state index in [-0.39, 0.29) is 17.8 Å². The number of ether oxygens (including phenoxy) is 1. The summed E-state index contributed by atoms with van der Waals surface area (Å²) < 4.78 is 23.1. The molecule has 0 bridgehead atoms. The minimum Gasteiger partial charge on any atom is -0.377 e. The lowest BCUT2D eigenvalue weighted by Crippen LogP contribution is -2.43. The molecule has 2 aromatic rings. The Morgan fingerprint density at radius 1 is 1.39 bits per heavy atom. The molecule has 1 amide bonds. The minimum atomic E-state index is -0.368. The molecular formula is C16H16FN3O3. The SMILES string of the molecule is CC(=CC(=O)N1CCOCC1c1ncon1)c1ccc(F)cc1. The van der Waals surface area contributed by atoms with Crippen molar-refractivity contribution < 1.29 is 18.4 Å². The summed E-state index contributed by atoms with van der Waals surface area (Å²) in [5.41, 5.74) is 1.55. The molecule has 1 aliphatic heterocycles. The van der Waals surface area contributed by atoms with Crippen molar-refractivity contribution in [2.75, 3.05) is 19.8 Å². The summed E-state index contributed by atoms with van der Waals surface area (Å²) in [4.78, 5) is 18.2. The van der Waals surface area contributed by atoms with E-state index < -0.39 is 0 Å². The van der Waals surface area contributed by atoms with Gasteiger partial charge in [0.05, 0.1) is 13.2 Å². The zero-order chi connectivity index (χ0) is 16.2. The highest BCUT2D eigenvalue weighted by molar-refractivity contribution is 5.95. The third kappa shape index (κ3) is 3.45. The standard InChI is InChI=1S/C16H16FN3O3/c1-11(12-2-4-13(17)5-3-12)8-15(21)20-6-7-22-9-14(20)16-18-10-23-19-16/h2-5,8,10,14H,6-7,9H2,1H3. The van der Waals surface area contributed by atoms with Crippen LogP contribution in [0, 0.1) is 5.82 Å². The number of amides is 1. The Morgan fingerprint density at radius 2 is 2.17 bits per heavy atom. The second-order valence-corrected chi connectivity index (χ2v) is 5.25. The molecule has 120 valence electrons. The third-order valence-electron chi connectivity index (χ3n) is 3.73. The van der Waals surface area contributed by atoms with Crippen LogP contribution in [0.4, 0.5) is 4.39 Å². The van der Waals surface area contributed by atoms with E-state index in [0.29, 0.717) is 25.6 Å². The van der Waals surface area contributed by atoms with E-state index in [1.165, 1.54) is 24.6 Å². The van der Waals surface area contributed by atoms with Crippen molar-refractivity contribution in [3.05, 3.63) is 53.9 Å². The second kappa shape index (κ2) is 6.70. The quantitative estimate of drug-likeness (QED) is 0.812. The van der Waals surface area contributed by atoms with Crippen LogP contribution >= 0.6 is 0 Å². The van der Waals surface area contributed by atoms with Gasteiger partial charge in [0.1, 0.15) is 11.9 Å². The first-order valence-electron chi connectivity index (χ1n) is 7.24. The predicted molar refractivity (Wildman–Crippen MR) is 79.6 cm³/mol. The molecule has 2 heterocycles. The van der Waals surface area contributed by atoms with E-state index in [2.05, 4.69) is 10.1 Å². The molecule has 1 aromatic carbocycles.